The summed E-state index contributed by atoms with van der Waals surface area (Å²) in [7, 11) is 0. The molecule has 0 bridgehead atoms. The number of pyridine rings is 1. The van der Waals surface area contributed by atoms with E-state index in [1.807, 2.05) is 6.07 Å². The standard InChI is InChI=1S/C13H17FO.C13H15NO2/c1-13(2,3)12-7-4-9-8-10(14)5-6-11(9)15-12;1-13(2,3)9-5-6-10(15)12-8(9)4-7-11(16)14-12/h5-6,8,12H,4,7H2,1-3H3;4-7,15H,1-3H3,(H,14,16). The molecule has 2 aromatic carbocycles. The van der Waals surface area contributed by atoms with Crippen LogP contribution in [0.2, 0.25) is 0 Å². The van der Waals surface area contributed by atoms with Crippen molar-refractivity contribution in [2.75, 3.05) is 0 Å². The Morgan fingerprint density at radius 3 is 2.39 bits per heavy atom. The molecule has 0 radical (unpaired) electrons. The average Bonchev–Trinajstić information content (AvgIpc) is 2.67. The zero-order valence-corrected chi connectivity index (χ0v) is 19.2. The molecule has 3 aromatic rings. The van der Waals surface area contributed by atoms with Crippen molar-refractivity contribution in [1.82, 2.24) is 4.98 Å². The second-order valence-corrected chi connectivity index (χ2v) is 10.3. The summed E-state index contributed by atoms with van der Waals surface area (Å²) in [6, 6.07) is 11.5. The predicted octanol–water partition coefficient (Wildman–Crippen LogP) is 6.10. The van der Waals surface area contributed by atoms with Gasteiger partial charge in [-0.2, -0.15) is 0 Å². The monoisotopic (exact) mass is 425 g/mol. The zero-order valence-electron chi connectivity index (χ0n) is 19.2. The Morgan fingerprint density at radius 2 is 1.74 bits per heavy atom. The highest BCUT2D eigenvalue weighted by Gasteiger charge is 2.30. The largest absolute Gasteiger partial charge is 0.506 e. The number of ether oxygens (including phenoxy) is 1. The molecule has 1 aliphatic heterocycles. The molecule has 5 heteroatoms. The van der Waals surface area contributed by atoms with Crippen LogP contribution < -0.4 is 10.3 Å². The number of rotatable bonds is 0. The van der Waals surface area contributed by atoms with Crippen LogP contribution in [0.1, 0.15) is 59.1 Å². The third kappa shape index (κ3) is 5.27. The maximum atomic E-state index is 13.0. The number of aromatic amines is 1. The lowest BCUT2D eigenvalue weighted by atomic mass is 9.84. The van der Waals surface area contributed by atoms with Crippen molar-refractivity contribution < 1.29 is 14.2 Å². The van der Waals surface area contributed by atoms with E-state index < -0.39 is 0 Å². The lowest BCUT2D eigenvalue weighted by Crippen LogP contribution is -2.35. The van der Waals surface area contributed by atoms with Gasteiger partial charge in [-0.05, 0) is 65.1 Å². The number of phenols is 1. The first-order valence-corrected chi connectivity index (χ1v) is 10.7. The zero-order chi connectivity index (χ0) is 23.0. The van der Waals surface area contributed by atoms with E-state index in [1.54, 1.807) is 24.3 Å². The van der Waals surface area contributed by atoms with E-state index in [0.29, 0.717) is 5.52 Å². The van der Waals surface area contributed by atoms with E-state index in [1.165, 1.54) is 12.1 Å². The molecule has 4 nitrogen and oxygen atoms in total. The first kappa shape index (κ1) is 22.9. The molecule has 0 fully saturated rings. The fourth-order valence-corrected chi connectivity index (χ4v) is 3.86. The summed E-state index contributed by atoms with van der Waals surface area (Å²) in [5, 5.41) is 10.6. The average molecular weight is 426 g/mol. The van der Waals surface area contributed by atoms with E-state index in [9.17, 15) is 14.3 Å². The smallest absolute Gasteiger partial charge is 0.248 e. The molecule has 1 aliphatic rings. The number of fused-ring (bicyclic) bond motifs is 2. The summed E-state index contributed by atoms with van der Waals surface area (Å²) in [5.74, 6) is 0.787. The van der Waals surface area contributed by atoms with E-state index in [4.69, 9.17) is 4.74 Å². The van der Waals surface area contributed by atoms with Crippen molar-refractivity contribution in [3.8, 4) is 11.5 Å². The number of hydrogen-bond acceptors (Lipinski definition) is 3. The summed E-state index contributed by atoms with van der Waals surface area (Å²) >= 11 is 0. The highest BCUT2D eigenvalue weighted by atomic mass is 19.1. The lowest BCUT2D eigenvalue weighted by molar-refractivity contribution is 0.0673. The Hall–Kier alpha value is -2.82. The van der Waals surface area contributed by atoms with Crippen LogP contribution in [0.3, 0.4) is 0 Å². The molecular weight excluding hydrogens is 393 g/mol. The molecule has 1 aromatic heterocycles. The Kier molecular flexibility index (Phi) is 6.17. The number of aromatic nitrogens is 1. The molecule has 4 rings (SSSR count). The summed E-state index contributed by atoms with van der Waals surface area (Å²) in [4.78, 5) is 13.9. The van der Waals surface area contributed by atoms with Crippen molar-refractivity contribution in [2.24, 2.45) is 5.41 Å². The topological polar surface area (TPSA) is 62.3 Å². The molecule has 31 heavy (non-hydrogen) atoms. The van der Waals surface area contributed by atoms with Gasteiger partial charge in [-0.1, -0.05) is 47.6 Å². The first-order chi connectivity index (χ1) is 14.4. The van der Waals surface area contributed by atoms with Crippen LogP contribution >= 0.6 is 0 Å². The third-order valence-electron chi connectivity index (χ3n) is 5.61. The van der Waals surface area contributed by atoms with E-state index in [-0.39, 0.29) is 34.1 Å². The van der Waals surface area contributed by atoms with Crippen LogP contribution in [-0.4, -0.2) is 16.2 Å². The minimum Gasteiger partial charge on any atom is -0.506 e. The van der Waals surface area contributed by atoms with Crippen LogP contribution in [0.15, 0.2) is 47.3 Å². The molecule has 0 amide bonds. The number of aromatic hydroxyl groups is 1. The molecule has 166 valence electrons. The van der Waals surface area contributed by atoms with Gasteiger partial charge >= 0.3 is 0 Å². The number of hydrogen-bond donors (Lipinski definition) is 2. The minimum atomic E-state index is -0.200. The fraction of sp³-hybridized carbons (Fsp3) is 0.423. The Morgan fingerprint density at radius 1 is 1.03 bits per heavy atom. The van der Waals surface area contributed by atoms with Gasteiger partial charge in [0.25, 0.3) is 0 Å². The van der Waals surface area contributed by atoms with Gasteiger partial charge in [0.2, 0.25) is 5.56 Å². The van der Waals surface area contributed by atoms with E-state index in [2.05, 4.69) is 46.5 Å². The number of benzene rings is 2. The van der Waals surface area contributed by atoms with Crippen LogP contribution in [0.25, 0.3) is 10.9 Å². The van der Waals surface area contributed by atoms with Crippen molar-refractivity contribution in [1.29, 1.82) is 0 Å². The van der Waals surface area contributed by atoms with Gasteiger partial charge in [0.1, 0.15) is 23.4 Å². The van der Waals surface area contributed by atoms with Crippen molar-refractivity contribution >= 4 is 10.9 Å². The van der Waals surface area contributed by atoms with Gasteiger partial charge in [-0.25, -0.2) is 4.39 Å². The van der Waals surface area contributed by atoms with Gasteiger partial charge in [0.15, 0.2) is 0 Å². The first-order valence-electron chi connectivity index (χ1n) is 10.7. The summed E-state index contributed by atoms with van der Waals surface area (Å²) in [6.45, 7) is 12.8. The maximum Gasteiger partial charge on any atom is 0.248 e. The third-order valence-corrected chi connectivity index (χ3v) is 5.61. The number of aryl methyl sites for hydroxylation is 1. The highest BCUT2D eigenvalue weighted by Crippen LogP contribution is 2.35. The molecule has 1 atom stereocenters. The van der Waals surface area contributed by atoms with Crippen molar-refractivity contribution in [3.63, 3.8) is 0 Å². The van der Waals surface area contributed by atoms with E-state index in [0.717, 1.165) is 35.1 Å². The predicted molar refractivity (Wildman–Crippen MR) is 124 cm³/mol. The number of phenolic OH excluding ortho intramolecular Hbond substituents is 1. The lowest BCUT2D eigenvalue weighted by Gasteiger charge is -2.35. The van der Waals surface area contributed by atoms with Crippen molar-refractivity contribution in [2.45, 2.75) is 65.9 Å². The Balaban J connectivity index is 0.000000176. The Bertz CT molecular complexity index is 1140. The Labute approximate surface area is 183 Å². The molecule has 0 aliphatic carbocycles. The molecule has 0 saturated heterocycles. The SMILES string of the molecule is CC(C)(C)C1CCc2cc(F)ccc2O1.CC(C)(C)c1ccc(O)c2[nH]c(=O)ccc12. The molecule has 2 N–H and O–H groups in total. The minimum absolute atomic E-state index is 0.0236. The van der Waals surface area contributed by atoms with Crippen LogP contribution in [-0.2, 0) is 11.8 Å². The highest BCUT2D eigenvalue weighted by molar-refractivity contribution is 5.87. The molecule has 0 spiro atoms. The second kappa shape index (κ2) is 8.37. The molecular formula is C26H32FNO3. The maximum absolute atomic E-state index is 13.0. The number of nitrogens with one attached hydrogen (secondary N) is 1. The van der Waals surface area contributed by atoms with Gasteiger partial charge < -0.3 is 14.8 Å². The van der Waals surface area contributed by atoms with Crippen molar-refractivity contribution in [3.05, 3.63) is 69.8 Å². The molecule has 0 saturated carbocycles. The van der Waals surface area contributed by atoms with Crippen LogP contribution in [0, 0.1) is 11.2 Å². The summed E-state index contributed by atoms with van der Waals surface area (Å²) in [5.41, 5.74) is 2.54. The van der Waals surface area contributed by atoms with Crippen LogP contribution in [0.4, 0.5) is 4.39 Å². The quantitative estimate of drug-likeness (QED) is 0.458. The van der Waals surface area contributed by atoms with Gasteiger partial charge in [0.05, 0.1) is 5.52 Å². The second-order valence-electron chi connectivity index (χ2n) is 10.3. The summed E-state index contributed by atoms with van der Waals surface area (Å²) < 4.78 is 18.9. The van der Waals surface area contributed by atoms with Gasteiger partial charge in [-0.3, -0.25) is 4.79 Å². The van der Waals surface area contributed by atoms with Gasteiger partial charge in [-0.15, -0.1) is 0 Å². The van der Waals surface area contributed by atoms with Crippen LogP contribution in [0.5, 0.6) is 11.5 Å². The molecule has 2 heterocycles. The normalized spacial score (nSPS) is 16.2. The summed E-state index contributed by atoms with van der Waals surface area (Å²) in [6.07, 6.45) is 2.12. The van der Waals surface area contributed by atoms with Gasteiger partial charge in [0, 0.05) is 11.5 Å². The van der Waals surface area contributed by atoms with E-state index >= 15 is 0 Å². The number of H-pyrrole nitrogens is 1. The fourth-order valence-electron chi connectivity index (χ4n) is 3.86. The molecule has 1 unspecified atom stereocenters. The number of halogens is 1.